The first kappa shape index (κ1) is 14.2. The number of hydrogen-bond donors (Lipinski definition) is 1. The summed E-state index contributed by atoms with van der Waals surface area (Å²) in [6, 6.07) is 0. The smallest absolute Gasteiger partial charge is 0.344 e. The number of carbonyl (C=O) groups excluding carboxylic acids is 2. The third-order valence-electron chi connectivity index (χ3n) is 2.44. The number of ether oxygens (including phenoxy) is 1. The van der Waals surface area contributed by atoms with Crippen molar-refractivity contribution in [3.05, 3.63) is 17.0 Å². The minimum atomic E-state index is -0.835. The van der Waals surface area contributed by atoms with Crippen LogP contribution >= 0.6 is 0 Å². The maximum Gasteiger partial charge on any atom is 0.344 e. The molecule has 1 N–H and O–H groups in total. The molecule has 1 aromatic rings. The minimum Gasteiger partial charge on any atom is -0.449 e. The van der Waals surface area contributed by atoms with Gasteiger partial charge in [0, 0.05) is 6.54 Å². The highest BCUT2D eigenvalue weighted by Crippen LogP contribution is 2.14. The summed E-state index contributed by atoms with van der Waals surface area (Å²) in [6.07, 6.45) is -0.00578. The van der Waals surface area contributed by atoms with Crippen molar-refractivity contribution in [2.45, 2.75) is 40.2 Å². The van der Waals surface area contributed by atoms with Crippen LogP contribution in [-0.4, -0.2) is 29.7 Å². The van der Waals surface area contributed by atoms with Crippen LogP contribution in [-0.2, 0) is 9.53 Å². The van der Waals surface area contributed by atoms with E-state index in [0.717, 1.165) is 6.42 Å². The highest BCUT2D eigenvalue weighted by atomic mass is 16.5. The fourth-order valence-corrected chi connectivity index (χ4v) is 1.44. The lowest BCUT2D eigenvalue weighted by molar-refractivity contribution is -0.129. The minimum absolute atomic E-state index is 0.283. The molecule has 1 heterocycles. The predicted octanol–water partition coefficient (Wildman–Crippen LogP) is 1.36. The van der Waals surface area contributed by atoms with E-state index >= 15 is 0 Å². The molecular weight excluding hydrogens is 236 g/mol. The molecule has 6 heteroatoms. The van der Waals surface area contributed by atoms with Crippen molar-refractivity contribution >= 4 is 11.9 Å². The largest absolute Gasteiger partial charge is 0.449 e. The molecule has 1 amide bonds. The summed E-state index contributed by atoms with van der Waals surface area (Å²) in [5.41, 5.74) is 0.740. The van der Waals surface area contributed by atoms with Crippen molar-refractivity contribution in [3.63, 3.8) is 0 Å². The van der Waals surface area contributed by atoms with Crippen molar-refractivity contribution in [1.29, 1.82) is 0 Å². The molecule has 1 atom stereocenters. The Labute approximate surface area is 106 Å². The molecule has 0 aliphatic carbocycles. The number of esters is 1. The lowest BCUT2D eigenvalue weighted by atomic mass is 10.2. The fraction of sp³-hybridized carbons (Fsp3) is 0.583. The molecule has 0 saturated heterocycles. The van der Waals surface area contributed by atoms with Gasteiger partial charge in [-0.3, -0.25) is 4.79 Å². The summed E-state index contributed by atoms with van der Waals surface area (Å²) in [6.45, 7) is 7.31. The van der Waals surface area contributed by atoms with Crippen LogP contribution in [0.4, 0.5) is 0 Å². The van der Waals surface area contributed by atoms with Crippen LogP contribution in [0, 0.1) is 13.8 Å². The summed E-state index contributed by atoms with van der Waals surface area (Å²) < 4.78 is 9.94. The first-order chi connectivity index (χ1) is 8.47. The highest BCUT2D eigenvalue weighted by molar-refractivity contribution is 5.93. The Balaban J connectivity index is 2.62. The van der Waals surface area contributed by atoms with Crippen molar-refractivity contribution in [2.24, 2.45) is 0 Å². The maximum atomic E-state index is 11.8. The third-order valence-corrected chi connectivity index (χ3v) is 2.44. The Hall–Kier alpha value is -1.85. The van der Waals surface area contributed by atoms with Gasteiger partial charge in [0.15, 0.2) is 6.10 Å². The monoisotopic (exact) mass is 254 g/mol. The van der Waals surface area contributed by atoms with Gasteiger partial charge in [-0.1, -0.05) is 12.1 Å². The van der Waals surface area contributed by atoms with Gasteiger partial charge in [0.2, 0.25) is 0 Å². The van der Waals surface area contributed by atoms with Crippen LogP contribution in [0.1, 0.15) is 42.1 Å². The summed E-state index contributed by atoms with van der Waals surface area (Å²) in [7, 11) is 0. The van der Waals surface area contributed by atoms with Crippen molar-refractivity contribution in [1.82, 2.24) is 10.5 Å². The number of rotatable bonds is 5. The molecule has 18 heavy (non-hydrogen) atoms. The normalized spacial score (nSPS) is 12.0. The van der Waals surface area contributed by atoms with Gasteiger partial charge < -0.3 is 14.6 Å². The maximum absolute atomic E-state index is 11.8. The summed E-state index contributed by atoms with van der Waals surface area (Å²) in [5.74, 6) is -0.513. The standard InChI is InChI=1S/C12H18N2O4/c1-5-6-13-11(15)9(4)17-12(16)10-7(2)14-18-8(10)3/h9H,5-6H2,1-4H3,(H,13,15). The van der Waals surface area contributed by atoms with E-state index in [0.29, 0.717) is 18.0 Å². The van der Waals surface area contributed by atoms with E-state index < -0.39 is 12.1 Å². The predicted molar refractivity (Wildman–Crippen MR) is 64.2 cm³/mol. The Bertz CT molecular complexity index is 420. The van der Waals surface area contributed by atoms with Crippen LogP contribution in [0.25, 0.3) is 0 Å². The molecule has 0 saturated carbocycles. The topological polar surface area (TPSA) is 81.4 Å². The average Bonchev–Trinajstić information content (AvgIpc) is 2.65. The SMILES string of the molecule is CCCNC(=O)C(C)OC(=O)c1c(C)noc1C. The van der Waals surface area contributed by atoms with E-state index in [9.17, 15) is 9.59 Å². The number of carbonyl (C=O) groups is 2. The number of amides is 1. The zero-order valence-electron chi connectivity index (χ0n) is 11.1. The molecule has 0 aromatic carbocycles. The van der Waals surface area contributed by atoms with Gasteiger partial charge >= 0.3 is 5.97 Å². The molecule has 1 rings (SSSR count). The summed E-state index contributed by atoms with van der Waals surface area (Å²) in [4.78, 5) is 23.4. The summed E-state index contributed by atoms with van der Waals surface area (Å²) in [5, 5.41) is 6.32. The fourth-order valence-electron chi connectivity index (χ4n) is 1.44. The zero-order chi connectivity index (χ0) is 13.7. The van der Waals surface area contributed by atoms with E-state index in [2.05, 4.69) is 10.5 Å². The van der Waals surface area contributed by atoms with Gasteiger partial charge in [-0.05, 0) is 27.2 Å². The third kappa shape index (κ3) is 3.32. The van der Waals surface area contributed by atoms with Gasteiger partial charge in [-0.25, -0.2) is 4.79 Å². The van der Waals surface area contributed by atoms with Gasteiger partial charge in [0.05, 0.1) is 5.69 Å². The van der Waals surface area contributed by atoms with Crippen LogP contribution < -0.4 is 5.32 Å². The Morgan fingerprint density at radius 2 is 2.11 bits per heavy atom. The molecule has 1 unspecified atom stereocenters. The second kappa shape index (κ2) is 6.18. The molecule has 0 radical (unpaired) electrons. The molecule has 0 spiro atoms. The lowest BCUT2D eigenvalue weighted by Gasteiger charge is -2.12. The van der Waals surface area contributed by atoms with Crippen molar-refractivity contribution < 1.29 is 18.8 Å². The molecule has 0 aliphatic rings. The van der Waals surface area contributed by atoms with Crippen LogP contribution in [0.2, 0.25) is 0 Å². The molecule has 100 valence electrons. The van der Waals surface area contributed by atoms with Crippen LogP contribution in [0.5, 0.6) is 0 Å². The summed E-state index contributed by atoms with van der Waals surface area (Å²) >= 11 is 0. The van der Waals surface area contributed by atoms with E-state index in [1.807, 2.05) is 6.92 Å². The zero-order valence-corrected chi connectivity index (χ0v) is 11.1. The highest BCUT2D eigenvalue weighted by Gasteiger charge is 2.23. The van der Waals surface area contributed by atoms with E-state index in [4.69, 9.17) is 9.26 Å². The molecular formula is C12H18N2O4. The van der Waals surface area contributed by atoms with Gasteiger partial charge in [-0.15, -0.1) is 0 Å². The number of nitrogens with zero attached hydrogens (tertiary/aromatic N) is 1. The number of hydrogen-bond acceptors (Lipinski definition) is 5. The second-order valence-electron chi connectivity index (χ2n) is 4.04. The van der Waals surface area contributed by atoms with Crippen molar-refractivity contribution in [2.75, 3.05) is 6.54 Å². The van der Waals surface area contributed by atoms with E-state index in [-0.39, 0.29) is 11.5 Å². The van der Waals surface area contributed by atoms with Gasteiger partial charge in [0.1, 0.15) is 11.3 Å². The van der Waals surface area contributed by atoms with E-state index in [1.54, 1.807) is 13.8 Å². The molecule has 0 fully saturated rings. The number of aryl methyl sites for hydroxylation is 2. The first-order valence-corrected chi connectivity index (χ1v) is 5.89. The van der Waals surface area contributed by atoms with Crippen LogP contribution in [0.15, 0.2) is 4.52 Å². The van der Waals surface area contributed by atoms with E-state index in [1.165, 1.54) is 6.92 Å². The first-order valence-electron chi connectivity index (χ1n) is 5.89. The Morgan fingerprint density at radius 1 is 1.44 bits per heavy atom. The molecule has 6 nitrogen and oxygen atoms in total. The average molecular weight is 254 g/mol. The Morgan fingerprint density at radius 3 is 2.61 bits per heavy atom. The Kier molecular flexibility index (Phi) is 4.88. The lowest BCUT2D eigenvalue weighted by Crippen LogP contribution is -2.36. The van der Waals surface area contributed by atoms with Gasteiger partial charge in [0.25, 0.3) is 5.91 Å². The molecule has 0 bridgehead atoms. The number of nitrogens with one attached hydrogen (secondary N) is 1. The number of aromatic nitrogens is 1. The second-order valence-corrected chi connectivity index (χ2v) is 4.04. The van der Waals surface area contributed by atoms with Crippen LogP contribution in [0.3, 0.4) is 0 Å². The molecule has 1 aromatic heterocycles. The van der Waals surface area contributed by atoms with Gasteiger partial charge in [-0.2, -0.15) is 0 Å². The van der Waals surface area contributed by atoms with Crippen molar-refractivity contribution in [3.8, 4) is 0 Å². The molecule has 0 aliphatic heterocycles. The quantitative estimate of drug-likeness (QED) is 0.802.